The van der Waals surface area contributed by atoms with Crippen molar-refractivity contribution in [3.05, 3.63) is 34.8 Å². The van der Waals surface area contributed by atoms with Crippen molar-refractivity contribution in [1.29, 1.82) is 0 Å². The van der Waals surface area contributed by atoms with Crippen molar-refractivity contribution < 1.29 is 19.1 Å². The van der Waals surface area contributed by atoms with Gasteiger partial charge in [0.05, 0.1) is 7.11 Å². The summed E-state index contributed by atoms with van der Waals surface area (Å²) < 4.78 is 4.90. The highest BCUT2D eigenvalue weighted by Gasteiger charge is 2.33. The van der Waals surface area contributed by atoms with Gasteiger partial charge in [0.25, 0.3) is 5.91 Å². The molecule has 1 amide bonds. The largest absolute Gasteiger partial charge is 0.467 e. The van der Waals surface area contributed by atoms with E-state index in [-0.39, 0.29) is 29.7 Å². The van der Waals surface area contributed by atoms with Crippen molar-refractivity contribution >= 4 is 17.7 Å². The topological polar surface area (TPSA) is 87.7 Å². The number of fused-ring (bicyclic) bond motifs is 1. The van der Waals surface area contributed by atoms with Gasteiger partial charge in [-0.1, -0.05) is 20.3 Å². The molecule has 166 valence electrons. The fourth-order valence-corrected chi connectivity index (χ4v) is 4.05. The molecule has 0 spiro atoms. The van der Waals surface area contributed by atoms with Crippen LogP contribution in [0.2, 0.25) is 0 Å². The quantitative estimate of drug-likeness (QED) is 0.591. The number of hydrogen-bond donors (Lipinski definition) is 2. The van der Waals surface area contributed by atoms with Crippen LogP contribution in [-0.4, -0.2) is 47.8 Å². The van der Waals surface area contributed by atoms with Gasteiger partial charge in [0.1, 0.15) is 11.9 Å². The highest BCUT2D eigenvalue weighted by Crippen LogP contribution is 2.33. The minimum absolute atomic E-state index is 0.0181. The number of carbonyl (C=O) groups excluding carboxylic acids is 3. The first-order chi connectivity index (χ1) is 14.1. The van der Waals surface area contributed by atoms with Gasteiger partial charge >= 0.3 is 5.97 Å². The Morgan fingerprint density at radius 1 is 1.17 bits per heavy atom. The number of esters is 1. The SMILES string of the molecule is CC[C@H](C)[C@H](NC(=O)C1=C2CCC(=O)C2=CNC(N(C(C)C)C(C)C)=C1)C(=O)OC. The monoisotopic (exact) mass is 417 g/mol. The molecule has 1 fully saturated rings. The summed E-state index contributed by atoms with van der Waals surface area (Å²) in [6.45, 7) is 12.2. The molecule has 0 aromatic rings. The number of Topliss-reactive ketones (excluding diaryl/α,β-unsaturated/α-hetero) is 1. The molecule has 2 aliphatic rings. The standard InChI is InChI=1S/C23H35N3O4/c1-8-15(6)21(23(29)30-7)25-22(28)17-11-20(26(13(2)3)14(4)5)24-12-18-16(17)9-10-19(18)27/h11-15,21,24H,8-10H2,1-7H3,(H,25,28)/t15-,21-/m0/s1. The average Bonchev–Trinajstić information content (AvgIpc) is 2.94. The van der Waals surface area contributed by atoms with E-state index in [1.54, 1.807) is 12.3 Å². The molecule has 2 atom stereocenters. The summed E-state index contributed by atoms with van der Waals surface area (Å²) in [6, 6.07) is -0.370. The third-order valence-electron chi connectivity index (χ3n) is 5.79. The molecule has 0 aromatic heterocycles. The number of nitrogens with zero attached hydrogens (tertiary/aromatic N) is 1. The number of ketones is 1. The first-order valence-electron chi connectivity index (χ1n) is 10.7. The summed E-state index contributed by atoms with van der Waals surface area (Å²) in [4.78, 5) is 40.2. The Bertz CT molecular complexity index is 784. The van der Waals surface area contributed by atoms with E-state index >= 15 is 0 Å². The van der Waals surface area contributed by atoms with Crippen molar-refractivity contribution in [1.82, 2.24) is 15.5 Å². The predicted octanol–water partition coefficient (Wildman–Crippen LogP) is 2.80. The van der Waals surface area contributed by atoms with E-state index in [0.29, 0.717) is 30.4 Å². The van der Waals surface area contributed by atoms with E-state index in [2.05, 4.69) is 43.2 Å². The van der Waals surface area contributed by atoms with Gasteiger partial charge < -0.3 is 20.3 Å². The molecular formula is C23H35N3O4. The van der Waals surface area contributed by atoms with Crippen LogP contribution in [0.3, 0.4) is 0 Å². The zero-order valence-electron chi connectivity index (χ0n) is 19.2. The van der Waals surface area contributed by atoms with Crippen LogP contribution in [-0.2, 0) is 19.1 Å². The maximum Gasteiger partial charge on any atom is 0.328 e. The Morgan fingerprint density at radius 2 is 1.80 bits per heavy atom. The molecule has 1 saturated carbocycles. The molecule has 1 aliphatic heterocycles. The van der Waals surface area contributed by atoms with E-state index in [1.165, 1.54) is 7.11 Å². The first kappa shape index (κ1) is 23.7. The van der Waals surface area contributed by atoms with E-state index in [1.807, 2.05) is 13.8 Å². The second kappa shape index (κ2) is 9.96. The van der Waals surface area contributed by atoms with Gasteiger partial charge in [-0.05, 0) is 51.7 Å². The zero-order chi connectivity index (χ0) is 22.6. The van der Waals surface area contributed by atoms with Crippen molar-refractivity contribution in [2.24, 2.45) is 5.92 Å². The fraction of sp³-hybridized carbons (Fsp3) is 0.609. The number of carbonyl (C=O) groups is 3. The Morgan fingerprint density at radius 3 is 2.33 bits per heavy atom. The lowest BCUT2D eigenvalue weighted by Crippen LogP contribution is -2.46. The molecule has 7 heteroatoms. The highest BCUT2D eigenvalue weighted by molar-refractivity contribution is 6.08. The maximum atomic E-state index is 13.4. The maximum absolute atomic E-state index is 13.4. The minimum Gasteiger partial charge on any atom is -0.467 e. The molecule has 0 aromatic carbocycles. The molecule has 2 N–H and O–H groups in total. The Balaban J connectivity index is 2.50. The summed E-state index contributed by atoms with van der Waals surface area (Å²) in [5.74, 6) is -0.143. The number of ether oxygens (including phenoxy) is 1. The van der Waals surface area contributed by atoms with Crippen LogP contribution in [0.25, 0.3) is 0 Å². The smallest absolute Gasteiger partial charge is 0.328 e. The van der Waals surface area contributed by atoms with Crippen LogP contribution >= 0.6 is 0 Å². The number of rotatable bonds is 8. The van der Waals surface area contributed by atoms with Crippen molar-refractivity contribution in [3.8, 4) is 0 Å². The molecule has 7 nitrogen and oxygen atoms in total. The summed E-state index contributed by atoms with van der Waals surface area (Å²) in [7, 11) is 1.32. The van der Waals surface area contributed by atoms with E-state index in [4.69, 9.17) is 4.74 Å². The minimum atomic E-state index is -0.746. The van der Waals surface area contributed by atoms with Crippen molar-refractivity contribution in [2.75, 3.05) is 7.11 Å². The van der Waals surface area contributed by atoms with Gasteiger partial charge in [0, 0.05) is 35.9 Å². The molecule has 30 heavy (non-hydrogen) atoms. The second-order valence-corrected chi connectivity index (χ2v) is 8.50. The van der Waals surface area contributed by atoms with E-state index < -0.39 is 12.0 Å². The zero-order valence-corrected chi connectivity index (χ0v) is 19.2. The molecule has 1 heterocycles. The number of allylic oxidation sites excluding steroid dienone is 2. The van der Waals surface area contributed by atoms with Crippen LogP contribution in [0.4, 0.5) is 0 Å². The van der Waals surface area contributed by atoms with Crippen LogP contribution in [0.5, 0.6) is 0 Å². The van der Waals surface area contributed by atoms with Crippen molar-refractivity contribution in [2.45, 2.75) is 78.9 Å². The van der Waals surface area contributed by atoms with Gasteiger partial charge in [-0.15, -0.1) is 0 Å². The lowest BCUT2D eigenvalue weighted by atomic mass is 9.97. The molecule has 0 unspecified atom stereocenters. The van der Waals surface area contributed by atoms with E-state index in [9.17, 15) is 14.4 Å². The van der Waals surface area contributed by atoms with Crippen LogP contribution in [0.15, 0.2) is 34.8 Å². The first-order valence-corrected chi connectivity index (χ1v) is 10.7. The van der Waals surface area contributed by atoms with Gasteiger partial charge in [0.2, 0.25) is 0 Å². The summed E-state index contributed by atoms with van der Waals surface area (Å²) in [5, 5.41) is 6.10. The van der Waals surface area contributed by atoms with Crippen molar-refractivity contribution in [3.63, 3.8) is 0 Å². The fourth-order valence-electron chi connectivity index (χ4n) is 4.05. The molecule has 1 aliphatic carbocycles. The number of methoxy groups -OCH3 is 1. The van der Waals surface area contributed by atoms with Crippen LogP contribution in [0, 0.1) is 5.92 Å². The van der Waals surface area contributed by atoms with Gasteiger partial charge in [-0.3, -0.25) is 9.59 Å². The molecule has 0 radical (unpaired) electrons. The average molecular weight is 418 g/mol. The van der Waals surface area contributed by atoms with Crippen LogP contribution < -0.4 is 10.6 Å². The number of amides is 1. The normalized spacial score (nSPS) is 18.2. The molecular weight excluding hydrogens is 382 g/mol. The summed E-state index contributed by atoms with van der Waals surface area (Å²) in [5.41, 5.74) is 1.69. The van der Waals surface area contributed by atoms with E-state index in [0.717, 1.165) is 11.4 Å². The summed E-state index contributed by atoms with van der Waals surface area (Å²) in [6.07, 6.45) is 5.12. The number of hydrogen-bond acceptors (Lipinski definition) is 6. The third-order valence-corrected chi connectivity index (χ3v) is 5.79. The Labute approximate surface area is 179 Å². The predicted molar refractivity (Wildman–Crippen MR) is 116 cm³/mol. The third kappa shape index (κ3) is 4.94. The molecule has 0 bridgehead atoms. The second-order valence-electron chi connectivity index (χ2n) is 8.50. The highest BCUT2D eigenvalue weighted by atomic mass is 16.5. The van der Waals surface area contributed by atoms with Gasteiger partial charge in [0.15, 0.2) is 5.78 Å². The molecule has 0 saturated heterocycles. The Kier molecular flexibility index (Phi) is 7.87. The Hall–Kier alpha value is -2.57. The van der Waals surface area contributed by atoms with Gasteiger partial charge in [-0.2, -0.15) is 0 Å². The lowest BCUT2D eigenvalue weighted by molar-refractivity contribution is -0.146. The summed E-state index contributed by atoms with van der Waals surface area (Å²) >= 11 is 0. The number of nitrogens with one attached hydrogen (secondary N) is 2. The van der Waals surface area contributed by atoms with Gasteiger partial charge in [-0.25, -0.2) is 4.79 Å². The molecule has 2 rings (SSSR count). The van der Waals surface area contributed by atoms with Crippen LogP contribution in [0.1, 0.15) is 60.8 Å². The lowest BCUT2D eigenvalue weighted by Gasteiger charge is -2.35.